The van der Waals surface area contributed by atoms with Gasteiger partial charge >= 0.3 is 11.9 Å². The molecule has 2 unspecified atom stereocenters. The van der Waals surface area contributed by atoms with Crippen LogP contribution in [0.25, 0.3) is 0 Å². The molecule has 0 saturated heterocycles. The molecule has 0 aromatic carbocycles. The van der Waals surface area contributed by atoms with Crippen molar-refractivity contribution in [3.8, 4) is 0 Å². The number of carboxylic acids is 1. The van der Waals surface area contributed by atoms with Crippen LogP contribution >= 0.6 is 0 Å². The van der Waals surface area contributed by atoms with Crippen molar-refractivity contribution in [2.24, 2.45) is 0 Å². The van der Waals surface area contributed by atoms with Crippen LogP contribution in [0.3, 0.4) is 0 Å². The van der Waals surface area contributed by atoms with Crippen LogP contribution in [-0.4, -0.2) is 86.5 Å². The molecular weight excluding hydrogens is 630 g/mol. The monoisotopic (exact) mass is 711 g/mol. The average molecular weight is 711 g/mol. The van der Waals surface area contributed by atoms with Gasteiger partial charge in [-0.25, -0.2) is 4.79 Å². The Morgan fingerprint density at radius 3 is 1.48 bits per heavy atom. The largest absolute Gasteiger partial charge is 0.477 e. The smallest absolute Gasteiger partial charge is 0.361 e. The summed E-state index contributed by atoms with van der Waals surface area (Å²) in [7, 11) is 5.92. The third-order valence-corrected chi connectivity index (χ3v) is 8.94. The van der Waals surface area contributed by atoms with Crippen LogP contribution < -0.4 is 0 Å². The van der Waals surface area contributed by atoms with Crippen LogP contribution in [-0.2, 0) is 23.8 Å². The van der Waals surface area contributed by atoms with Gasteiger partial charge in [0.1, 0.15) is 19.3 Å². The van der Waals surface area contributed by atoms with E-state index in [0.29, 0.717) is 17.4 Å². The molecule has 0 spiro atoms. The van der Waals surface area contributed by atoms with Crippen molar-refractivity contribution in [2.45, 2.75) is 186 Å². The molecule has 0 aliphatic rings. The fourth-order valence-electron chi connectivity index (χ4n) is 5.69. The summed E-state index contributed by atoms with van der Waals surface area (Å²) in [6, 6.07) is 0. The number of hydrogen-bond donors (Lipinski definition) is 2. The molecule has 0 bridgehead atoms. The molecule has 0 amide bonds. The highest BCUT2D eigenvalue weighted by Crippen LogP contribution is 2.15. The SMILES string of the molecule is CCCCCCC/C=C\C/C=C\CCCCCCCCCCCCCCCCCCCC(=O)OCC(O)COC(OCC[N+](C)(C)C)C(=O)O. The van der Waals surface area contributed by atoms with Crippen molar-refractivity contribution < 1.29 is 38.5 Å². The number of quaternary nitrogens is 1. The first-order valence-corrected chi connectivity index (χ1v) is 20.6. The summed E-state index contributed by atoms with van der Waals surface area (Å²) >= 11 is 0. The van der Waals surface area contributed by atoms with Crippen molar-refractivity contribution in [3.63, 3.8) is 0 Å². The number of nitrogens with zero attached hydrogens (tertiary/aromatic N) is 1. The second-order valence-corrected chi connectivity index (χ2v) is 15.2. The Bertz CT molecular complexity index is 823. The van der Waals surface area contributed by atoms with Gasteiger partial charge in [-0.15, -0.1) is 0 Å². The molecule has 2 N–H and O–H groups in total. The van der Waals surface area contributed by atoms with Gasteiger partial charge in [0.15, 0.2) is 0 Å². The van der Waals surface area contributed by atoms with E-state index < -0.39 is 18.4 Å². The third kappa shape index (κ3) is 37.5. The molecule has 0 fully saturated rings. The summed E-state index contributed by atoms with van der Waals surface area (Å²) < 4.78 is 16.2. The molecule has 294 valence electrons. The van der Waals surface area contributed by atoms with E-state index in [1.165, 1.54) is 135 Å². The molecular formula is C42H80NO7+. The van der Waals surface area contributed by atoms with Crippen LogP contribution in [0.2, 0.25) is 0 Å². The van der Waals surface area contributed by atoms with Gasteiger partial charge in [-0.05, 0) is 38.5 Å². The molecule has 0 radical (unpaired) electrons. The van der Waals surface area contributed by atoms with Crippen molar-refractivity contribution in [1.82, 2.24) is 0 Å². The maximum absolute atomic E-state index is 12.0. The zero-order valence-electron chi connectivity index (χ0n) is 33.1. The highest BCUT2D eigenvalue weighted by molar-refractivity contribution is 5.70. The van der Waals surface area contributed by atoms with Crippen LogP contribution in [0.1, 0.15) is 174 Å². The number of rotatable bonds is 38. The Hall–Kier alpha value is -1.74. The van der Waals surface area contributed by atoms with Gasteiger partial charge in [0.2, 0.25) is 0 Å². The molecule has 2 atom stereocenters. The van der Waals surface area contributed by atoms with Crippen molar-refractivity contribution >= 4 is 11.9 Å². The number of allylic oxidation sites excluding steroid dienone is 4. The lowest BCUT2D eigenvalue weighted by molar-refractivity contribution is -0.870. The van der Waals surface area contributed by atoms with E-state index in [4.69, 9.17) is 14.2 Å². The Labute approximate surface area is 308 Å². The summed E-state index contributed by atoms with van der Waals surface area (Å²) in [6.45, 7) is 2.59. The van der Waals surface area contributed by atoms with E-state index >= 15 is 0 Å². The predicted octanol–water partition coefficient (Wildman–Crippen LogP) is 10.3. The number of aliphatic hydroxyl groups excluding tert-OH is 1. The second-order valence-electron chi connectivity index (χ2n) is 15.2. The second kappa shape index (κ2) is 35.7. The van der Waals surface area contributed by atoms with Crippen molar-refractivity contribution in [1.29, 1.82) is 0 Å². The summed E-state index contributed by atoms with van der Waals surface area (Å²) in [5.74, 6) is -1.60. The van der Waals surface area contributed by atoms with Gasteiger partial charge in [0.05, 0.1) is 34.4 Å². The molecule has 0 saturated carbocycles. The fraction of sp³-hybridized carbons (Fsp3) is 0.857. The van der Waals surface area contributed by atoms with Crippen LogP contribution in [0, 0.1) is 0 Å². The number of carbonyl (C=O) groups is 2. The number of aliphatic carboxylic acids is 1. The number of hydrogen-bond acceptors (Lipinski definition) is 6. The zero-order chi connectivity index (χ0) is 37.0. The average Bonchev–Trinajstić information content (AvgIpc) is 3.07. The van der Waals surface area contributed by atoms with E-state index in [9.17, 15) is 19.8 Å². The summed E-state index contributed by atoms with van der Waals surface area (Å²) in [4.78, 5) is 23.3. The van der Waals surface area contributed by atoms with Crippen LogP contribution in [0.4, 0.5) is 0 Å². The molecule has 0 heterocycles. The Morgan fingerprint density at radius 1 is 0.600 bits per heavy atom. The maximum Gasteiger partial charge on any atom is 0.361 e. The van der Waals surface area contributed by atoms with Gasteiger partial charge in [-0.3, -0.25) is 4.79 Å². The number of esters is 1. The molecule has 0 aromatic rings. The lowest BCUT2D eigenvalue weighted by Gasteiger charge is -2.24. The molecule has 0 aromatic heterocycles. The number of aliphatic hydroxyl groups is 1. The van der Waals surface area contributed by atoms with E-state index in [-0.39, 0.29) is 25.8 Å². The maximum atomic E-state index is 12.0. The fourth-order valence-corrected chi connectivity index (χ4v) is 5.69. The molecule has 0 aliphatic heterocycles. The van der Waals surface area contributed by atoms with Crippen LogP contribution in [0.5, 0.6) is 0 Å². The number of unbranched alkanes of at least 4 members (excludes halogenated alkanes) is 22. The number of likely N-dealkylation sites (N-methyl/N-ethyl adjacent to an activating group) is 1. The lowest BCUT2D eigenvalue weighted by atomic mass is 10.0. The lowest BCUT2D eigenvalue weighted by Crippen LogP contribution is -2.40. The Balaban J connectivity index is 3.43. The highest BCUT2D eigenvalue weighted by Gasteiger charge is 2.22. The van der Waals surface area contributed by atoms with Gasteiger partial charge in [0, 0.05) is 6.42 Å². The standard InChI is InChI=1S/C42H79NO7/c1-5-6-7-8-9-10-11-12-13-14-15-16-17-18-19-20-21-22-23-24-25-26-27-28-29-30-31-32-33-34-40(45)49-37-39(44)38-50-42(41(46)47)48-36-35-43(2,3)4/h11-12,14-15,39,42,44H,5-10,13,16-38H2,1-4H3/p+1/b12-11-,15-14-. The first kappa shape index (κ1) is 48.3. The first-order chi connectivity index (χ1) is 24.2. The molecule has 8 nitrogen and oxygen atoms in total. The molecule has 8 heteroatoms. The van der Waals surface area contributed by atoms with E-state index in [2.05, 4.69) is 31.2 Å². The van der Waals surface area contributed by atoms with Crippen LogP contribution in [0.15, 0.2) is 24.3 Å². The minimum Gasteiger partial charge on any atom is -0.477 e. The van der Waals surface area contributed by atoms with E-state index in [0.717, 1.165) is 25.7 Å². The predicted molar refractivity (Wildman–Crippen MR) is 207 cm³/mol. The number of carbonyl (C=O) groups excluding carboxylic acids is 1. The number of carboxylic acid groups (broad SMARTS) is 1. The third-order valence-electron chi connectivity index (χ3n) is 8.94. The zero-order valence-corrected chi connectivity index (χ0v) is 33.1. The topological polar surface area (TPSA) is 102 Å². The quantitative estimate of drug-likeness (QED) is 0.0216. The molecule has 0 rings (SSSR count). The van der Waals surface area contributed by atoms with Crippen molar-refractivity contribution in [2.75, 3.05) is 47.5 Å². The van der Waals surface area contributed by atoms with Gasteiger partial charge in [0.25, 0.3) is 6.29 Å². The van der Waals surface area contributed by atoms with E-state index in [1.807, 2.05) is 21.1 Å². The van der Waals surface area contributed by atoms with Gasteiger partial charge < -0.3 is 28.9 Å². The Kier molecular flexibility index (Phi) is 34.4. The minimum absolute atomic E-state index is 0.211. The normalized spacial score (nSPS) is 13.4. The number of ether oxygens (including phenoxy) is 3. The summed E-state index contributed by atoms with van der Waals surface area (Å²) in [6.07, 6.45) is 39.4. The highest BCUT2D eigenvalue weighted by atomic mass is 16.7. The summed E-state index contributed by atoms with van der Waals surface area (Å²) in [5.41, 5.74) is 0. The Morgan fingerprint density at radius 2 is 1.04 bits per heavy atom. The molecule has 50 heavy (non-hydrogen) atoms. The minimum atomic E-state index is -1.46. The summed E-state index contributed by atoms with van der Waals surface area (Å²) in [5, 5.41) is 19.2. The molecule has 0 aliphatic carbocycles. The van der Waals surface area contributed by atoms with E-state index in [1.54, 1.807) is 0 Å². The van der Waals surface area contributed by atoms with Crippen molar-refractivity contribution in [3.05, 3.63) is 24.3 Å². The van der Waals surface area contributed by atoms with Gasteiger partial charge in [-0.1, -0.05) is 153 Å². The van der Waals surface area contributed by atoms with Gasteiger partial charge in [-0.2, -0.15) is 0 Å². The first-order valence-electron chi connectivity index (χ1n) is 20.6.